The van der Waals surface area contributed by atoms with Crippen LogP contribution in [0.3, 0.4) is 0 Å². The number of aromatic nitrogens is 3. The molecule has 5 rings (SSSR count). The summed E-state index contributed by atoms with van der Waals surface area (Å²) >= 11 is 7.77. The zero-order valence-corrected chi connectivity index (χ0v) is 24.8. The summed E-state index contributed by atoms with van der Waals surface area (Å²) in [6.07, 6.45) is 0.723. The second kappa shape index (κ2) is 12.2. The number of amides is 2. The smallest absolute Gasteiger partial charge is 0.410 e. The van der Waals surface area contributed by atoms with Gasteiger partial charge in [0.1, 0.15) is 23.6 Å². The Kier molecular flexibility index (Phi) is 8.64. The van der Waals surface area contributed by atoms with Crippen molar-refractivity contribution in [3.63, 3.8) is 0 Å². The minimum Gasteiger partial charge on any atom is -0.444 e. The number of nitrogens with one attached hydrogen (secondary N) is 2. The Balaban J connectivity index is 1.50. The van der Waals surface area contributed by atoms with Crippen molar-refractivity contribution in [2.75, 3.05) is 19.6 Å². The predicted molar refractivity (Wildman–Crippen MR) is 152 cm³/mol. The number of aliphatic imine (C=N–C) groups is 1. The minimum atomic E-state index is -2.90. The molecule has 0 unspecified atom stereocenters. The van der Waals surface area contributed by atoms with Crippen LogP contribution in [0.5, 0.6) is 0 Å². The first kappa shape index (κ1) is 30.4. The van der Waals surface area contributed by atoms with Crippen LogP contribution in [0.25, 0.3) is 5.57 Å². The zero-order chi connectivity index (χ0) is 30.9. The van der Waals surface area contributed by atoms with Crippen molar-refractivity contribution in [1.82, 2.24) is 30.3 Å². The Morgan fingerprint density at radius 3 is 2.77 bits per heavy atom. The van der Waals surface area contributed by atoms with Gasteiger partial charge >= 0.3 is 18.7 Å². The number of carbonyl (C=O) groups excluding carboxylic acids is 2. The first-order chi connectivity index (χ1) is 20.4. The second-order valence-electron chi connectivity index (χ2n) is 10.6. The van der Waals surface area contributed by atoms with Crippen molar-refractivity contribution in [2.45, 2.75) is 45.1 Å². The number of benzene rings is 1. The van der Waals surface area contributed by atoms with E-state index in [-0.39, 0.29) is 30.4 Å². The summed E-state index contributed by atoms with van der Waals surface area (Å²) in [5, 5.41) is 12.2. The molecule has 16 heteroatoms. The molecule has 11 nitrogen and oxygen atoms in total. The number of thiazole rings is 1. The van der Waals surface area contributed by atoms with Gasteiger partial charge in [0, 0.05) is 39.6 Å². The molecular weight excluding hydrogens is 611 g/mol. The number of cyclic esters (lactones) is 1. The molecule has 2 aliphatic heterocycles. The Hall–Kier alpha value is -4.11. The lowest BCUT2D eigenvalue weighted by Crippen LogP contribution is -2.40. The van der Waals surface area contributed by atoms with Crippen LogP contribution in [-0.2, 0) is 9.47 Å². The Morgan fingerprint density at radius 2 is 2.12 bits per heavy atom. The number of alkyl carbamates (subject to hydrolysis) is 1. The molecule has 3 aromatic rings. The van der Waals surface area contributed by atoms with Crippen molar-refractivity contribution >= 4 is 46.5 Å². The maximum atomic E-state index is 14.0. The molecule has 2 aliphatic rings. The molecule has 0 bridgehead atoms. The topological polar surface area (TPSA) is 123 Å². The average Bonchev–Trinajstić information content (AvgIpc) is 3.68. The van der Waals surface area contributed by atoms with E-state index < -0.39 is 42.3 Å². The third kappa shape index (κ3) is 7.10. The standard InChI is InChI=1S/C27H27ClF3N7O4S/c1-27(2,3)42-25(39)33-11-15-12-37(26(40)41-15)13-19-20(18-6-8-38(36-18)24(30)31)21(16-5-4-14(29)10-17(16)28)35-22(34-19)23-32-7-9-43-23/h4-10,15,21,24H,11-13H2,1-3H3,(H,33,39)(H,34,35)/t15-,21+/m1/s1. The lowest BCUT2D eigenvalue weighted by atomic mass is 9.93. The number of carbonyl (C=O) groups is 2. The van der Waals surface area contributed by atoms with Crippen molar-refractivity contribution in [3.05, 3.63) is 74.8 Å². The molecule has 0 saturated carbocycles. The number of rotatable bonds is 8. The van der Waals surface area contributed by atoms with Gasteiger partial charge in [-0.15, -0.1) is 11.3 Å². The highest BCUT2D eigenvalue weighted by Gasteiger charge is 2.37. The molecule has 0 radical (unpaired) electrons. The van der Waals surface area contributed by atoms with Crippen LogP contribution >= 0.6 is 22.9 Å². The van der Waals surface area contributed by atoms with Gasteiger partial charge in [-0.05, 0) is 39.0 Å². The zero-order valence-electron chi connectivity index (χ0n) is 23.2. The van der Waals surface area contributed by atoms with E-state index in [9.17, 15) is 22.8 Å². The normalized spacial score (nSPS) is 18.9. The Bertz CT molecular complexity index is 1570. The predicted octanol–water partition coefficient (Wildman–Crippen LogP) is 5.38. The molecule has 43 heavy (non-hydrogen) atoms. The highest BCUT2D eigenvalue weighted by Crippen LogP contribution is 2.41. The number of hydrogen-bond acceptors (Lipinski definition) is 9. The molecule has 4 heterocycles. The molecular formula is C27H27ClF3N7O4S. The van der Waals surface area contributed by atoms with E-state index in [1.807, 2.05) is 0 Å². The summed E-state index contributed by atoms with van der Waals surface area (Å²) in [4.78, 5) is 35.5. The van der Waals surface area contributed by atoms with Gasteiger partial charge in [-0.2, -0.15) is 13.9 Å². The van der Waals surface area contributed by atoms with Gasteiger partial charge < -0.3 is 20.1 Å². The molecule has 228 valence electrons. The summed E-state index contributed by atoms with van der Waals surface area (Å²) in [5.74, 6) is -0.228. The molecule has 1 saturated heterocycles. The maximum absolute atomic E-state index is 14.0. The quantitative estimate of drug-likeness (QED) is 0.340. The SMILES string of the molecule is CC(C)(C)OC(=O)NC[C@@H]1CN(CC2=C(c3ccn(C(F)F)n3)[C@H](c3ccc(F)cc3Cl)N=C(c3nccs3)N2)C(=O)O1. The van der Waals surface area contributed by atoms with Gasteiger partial charge in [0.05, 0.1) is 25.3 Å². The number of nitrogens with zero attached hydrogens (tertiary/aromatic N) is 5. The highest BCUT2D eigenvalue weighted by molar-refractivity contribution is 7.11. The highest BCUT2D eigenvalue weighted by atomic mass is 35.5. The van der Waals surface area contributed by atoms with Crippen LogP contribution in [0.4, 0.5) is 22.8 Å². The lowest BCUT2D eigenvalue weighted by Gasteiger charge is -2.29. The number of alkyl halides is 2. The van der Waals surface area contributed by atoms with Gasteiger partial charge in [-0.3, -0.25) is 9.89 Å². The summed E-state index contributed by atoms with van der Waals surface area (Å²) in [7, 11) is 0. The van der Waals surface area contributed by atoms with Crippen LogP contribution in [0, 0.1) is 5.82 Å². The Morgan fingerprint density at radius 1 is 1.33 bits per heavy atom. The molecule has 1 fully saturated rings. The third-order valence-electron chi connectivity index (χ3n) is 6.27. The van der Waals surface area contributed by atoms with Crippen molar-refractivity contribution < 1.29 is 32.2 Å². The van der Waals surface area contributed by atoms with E-state index >= 15 is 0 Å². The average molecular weight is 638 g/mol. The molecule has 2 amide bonds. The van der Waals surface area contributed by atoms with Gasteiger partial charge in [0.2, 0.25) is 0 Å². The molecule has 2 atom stereocenters. The third-order valence-corrected chi connectivity index (χ3v) is 7.38. The fourth-order valence-corrected chi connectivity index (χ4v) is 5.38. The van der Waals surface area contributed by atoms with E-state index in [4.69, 9.17) is 26.1 Å². The first-order valence-electron chi connectivity index (χ1n) is 13.1. The summed E-state index contributed by atoms with van der Waals surface area (Å²) < 4.78 is 52.2. The fraction of sp³-hybridized carbons (Fsp3) is 0.370. The molecule has 2 N–H and O–H groups in total. The van der Waals surface area contributed by atoms with E-state index in [1.165, 1.54) is 34.4 Å². The fourth-order valence-electron chi connectivity index (χ4n) is 4.52. The number of halogens is 4. The van der Waals surface area contributed by atoms with Crippen LogP contribution in [0.2, 0.25) is 5.02 Å². The summed E-state index contributed by atoms with van der Waals surface area (Å²) in [6, 6.07) is 4.28. The van der Waals surface area contributed by atoms with E-state index in [1.54, 1.807) is 32.3 Å². The van der Waals surface area contributed by atoms with Crippen LogP contribution < -0.4 is 10.6 Å². The summed E-state index contributed by atoms with van der Waals surface area (Å²) in [6.45, 7) is 2.33. The molecule has 0 aliphatic carbocycles. The molecule has 0 spiro atoms. The van der Waals surface area contributed by atoms with Crippen LogP contribution in [0.15, 0.2) is 52.7 Å². The summed E-state index contributed by atoms with van der Waals surface area (Å²) in [5.41, 5.74) is 0.571. The Labute approximate surface area is 253 Å². The van der Waals surface area contributed by atoms with E-state index in [0.29, 0.717) is 32.4 Å². The van der Waals surface area contributed by atoms with E-state index in [0.717, 1.165) is 12.3 Å². The maximum Gasteiger partial charge on any atom is 0.410 e. The van der Waals surface area contributed by atoms with Gasteiger partial charge in [0.25, 0.3) is 0 Å². The minimum absolute atomic E-state index is 0.00885. The first-order valence-corrected chi connectivity index (χ1v) is 14.3. The van der Waals surface area contributed by atoms with Crippen molar-refractivity contribution in [3.8, 4) is 0 Å². The molecule has 1 aromatic carbocycles. The molecule has 2 aromatic heterocycles. The number of amidine groups is 1. The second-order valence-corrected chi connectivity index (χ2v) is 11.9. The van der Waals surface area contributed by atoms with Gasteiger partial charge in [0.15, 0.2) is 10.8 Å². The van der Waals surface area contributed by atoms with Gasteiger partial charge in [-0.25, -0.2) is 23.6 Å². The van der Waals surface area contributed by atoms with Gasteiger partial charge in [-0.1, -0.05) is 17.7 Å². The van der Waals surface area contributed by atoms with Crippen molar-refractivity contribution in [2.24, 2.45) is 4.99 Å². The van der Waals surface area contributed by atoms with E-state index in [2.05, 4.69) is 20.7 Å². The van der Waals surface area contributed by atoms with Crippen molar-refractivity contribution in [1.29, 1.82) is 0 Å². The lowest BCUT2D eigenvalue weighted by molar-refractivity contribution is 0.0496. The van der Waals surface area contributed by atoms with Crippen LogP contribution in [0.1, 0.15) is 49.6 Å². The van der Waals surface area contributed by atoms with Crippen LogP contribution in [-0.4, -0.2) is 69.0 Å². The monoisotopic (exact) mass is 637 g/mol. The number of hydrogen-bond donors (Lipinski definition) is 2. The largest absolute Gasteiger partial charge is 0.444 e. The number of ether oxygens (including phenoxy) is 2.